The summed E-state index contributed by atoms with van der Waals surface area (Å²) in [4.78, 5) is 6.79. The van der Waals surface area contributed by atoms with E-state index >= 15 is 0 Å². The largest absolute Gasteiger partial charge is 0.354 e. The molecule has 0 spiro atoms. The zero-order valence-corrected chi connectivity index (χ0v) is 11.0. The van der Waals surface area contributed by atoms with E-state index in [0.717, 1.165) is 29.8 Å². The van der Waals surface area contributed by atoms with Crippen molar-refractivity contribution in [1.29, 1.82) is 0 Å². The SMILES string of the molecule is NC1CCN(c2nccc3c(Br)cccc23)C1. The third-order valence-corrected chi connectivity index (χ3v) is 3.95. The number of aromatic nitrogens is 1. The first-order chi connectivity index (χ1) is 8.25. The second-order valence-corrected chi connectivity index (χ2v) is 5.32. The van der Waals surface area contributed by atoms with Crippen LogP contribution in [-0.4, -0.2) is 24.1 Å². The summed E-state index contributed by atoms with van der Waals surface area (Å²) in [6, 6.07) is 8.54. The van der Waals surface area contributed by atoms with Gasteiger partial charge < -0.3 is 10.6 Å². The molecule has 1 aliphatic rings. The molecule has 0 aliphatic carbocycles. The topological polar surface area (TPSA) is 42.1 Å². The average molecular weight is 292 g/mol. The van der Waals surface area contributed by atoms with E-state index < -0.39 is 0 Å². The molecule has 0 saturated carbocycles. The predicted molar refractivity (Wildman–Crippen MR) is 74.2 cm³/mol. The Bertz CT molecular complexity index is 555. The van der Waals surface area contributed by atoms with Gasteiger partial charge in [0.2, 0.25) is 0 Å². The van der Waals surface area contributed by atoms with Crippen molar-refractivity contribution in [3.05, 3.63) is 34.9 Å². The van der Waals surface area contributed by atoms with Gasteiger partial charge in [-0.3, -0.25) is 0 Å². The Morgan fingerprint density at radius 1 is 1.29 bits per heavy atom. The molecule has 3 nitrogen and oxygen atoms in total. The van der Waals surface area contributed by atoms with Crippen LogP contribution < -0.4 is 10.6 Å². The molecule has 4 heteroatoms. The number of hydrogen-bond acceptors (Lipinski definition) is 3. The first kappa shape index (κ1) is 11.0. The Kier molecular flexibility index (Phi) is 2.76. The molecule has 3 rings (SSSR count). The fourth-order valence-corrected chi connectivity index (χ4v) is 2.88. The minimum absolute atomic E-state index is 0.277. The highest BCUT2D eigenvalue weighted by atomic mass is 79.9. The van der Waals surface area contributed by atoms with Crippen molar-refractivity contribution in [3.8, 4) is 0 Å². The molecule has 1 unspecified atom stereocenters. The van der Waals surface area contributed by atoms with Gasteiger partial charge in [-0.2, -0.15) is 0 Å². The highest BCUT2D eigenvalue weighted by Gasteiger charge is 2.21. The van der Waals surface area contributed by atoms with E-state index in [0.29, 0.717) is 0 Å². The normalized spacial score (nSPS) is 20.1. The number of nitrogens with two attached hydrogens (primary N) is 1. The molecule has 1 aromatic carbocycles. The van der Waals surface area contributed by atoms with E-state index in [1.165, 1.54) is 10.8 Å². The van der Waals surface area contributed by atoms with Crippen molar-refractivity contribution in [1.82, 2.24) is 4.98 Å². The number of benzene rings is 1. The van der Waals surface area contributed by atoms with Crippen LogP contribution >= 0.6 is 15.9 Å². The molecule has 17 heavy (non-hydrogen) atoms. The van der Waals surface area contributed by atoms with E-state index in [1.807, 2.05) is 18.3 Å². The van der Waals surface area contributed by atoms with Gasteiger partial charge in [0.15, 0.2) is 0 Å². The van der Waals surface area contributed by atoms with Crippen LogP contribution in [0.2, 0.25) is 0 Å². The van der Waals surface area contributed by atoms with Gasteiger partial charge in [0, 0.05) is 40.6 Å². The lowest BCUT2D eigenvalue weighted by Crippen LogP contribution is -2.26. The quantitative estimate of drug-likeness (QED) is 0.878. The smallest absolute Gasteiger partial charge is 0.136 e. The molecule has 1 atom stereocenters. The summed E-state index contributed by atoms with van der Waals surface area (Å²) in [6.45, 7) is 1.90. The van der Waals surface area contributed by atoms with Crippen LogP contribution in [0.25, 0.3) is 10.8 Å². The van der Waals surface area contributed by atoms with E-state index in [1.54, 1.807) is 0 Å². The fraction of sp³-hybridized carbons (Fsp3) is 0.308. The Labute approximate surface area is 109 Å². The number of fused-ring (bicyclic) bond motifs is 1. The standard InChI is InChI=1S/C13H14BrN3/c14-12-3-1-2-11-10(12)4-6-16-13(11)17-7-5-9(15)8-17/h1-4,6,9H,5,7-8,15H2. The fourth-order valence-electron chi connectivity index (χ4n) is 2.39. The Balaban J connectivity index is 2.13. The molecule has 1 aromatic heterocycles. The minimum Gasteiger partial charge on any atom is -0.354 e. The molecular weight excluding hydrogens is 278 g/mol. The molecule has 0 amide bonds. The van der Waals surface area contributed by atoms with Gasteiger partial charge in [-0.05, 0) is 18.6 Å². The van der Waals surface area contributed by atoms with Crippen molar-refractivity contribution < 1.29 is 0 Å². The lowest BCUT2D eigenvalue weighted by atomic mass is 10.1. The van der Waals surface area contributed by atoms with Crippen molar-refractivity contribution in [3.63, 3.8) is 0 Å². The van der Waals surface area contributed by atoms with Crippen molar-refractivity contribution in [2.45, 2.75) is 12.5 Å². The Morgan fingerprint density at radius 3 is 2.94 bits per heavy atom. The van der Waals surface area contributed by atoms with Gasteiger partial charge in [-0.25, -0.2) is 4.98 Å². The second kappa shape index (κ2) is 4.27. The molecule has 2 heterocycles. The van der Waals surface area contributed by atoms with Gasteiger partial charge in [-0.15, -0.1) is 0 Å². The Hall–Kier alpha value is -1.13. The maximum absolute atomic E-state index is 5.96. The molecule has 1 fully saturated rings. The maximum Gasteiger partial charge on any atom is 0.136 e. The van der Waals surface area contributed by atoms with Gasteiger partial charge in [0.1, 0.15) is 5.82 Å². The van der Waals surface area contributed by atoms with Crippen molar-refractivity contribution in [2.24, 2.45) is 5.73 Å². The average Bonchev–Trinajstić information content (AvgIpc) is 2.76. The van der Waals surface area contributed by atoms with Crippen LogP contribution in [0.3, 0.4) is 0 Å². The minimum atomic E-state index is 0.277. The molecule has 88 valence electrons. The number of hydrogen-bond donors (Lipinski definition) is 1. The number of halogens is 1. The van der Waals surface area contributed by atoms with Crippen LogP contribution in [0.15, 0.2) is 34.9 Å². The molecule has 2 N–H and O–H groups in total. The third-order valence-electron chi connectivity index (χ3n) is 3.26. The second-order valence-electron chi connectivity index (χ2n) is 4.46. The van der Waals surface area contributed by atoms with Crippen molar-refractivity contribution >= 4 is 32.5 Å². The molecule has 0 bridgehead atoms. The Morgan fingerprint density at radius 2 is 2.18 bits per heavy atom. The molecule has 1 saturated heterocycles. The first-order valence-electron chi connectivity index (χ1n) is 5.79. The maximum atomic E-state index is 5.96. The van der Waals surface area contributed by atoms with E-state index in [2.05, 4.69) is 37.9 Å². The summed E-state index contributed by atoms with van der Waals surface area (Å²) >= 11 is 3.58. The lowest BCUT2D eigenvalue weighted by molar-refractivity contribution is 0.751. The number of pyridine rings is 1. The summed E-state index contributed by atoms with van der Waals surface area (Å²) in [6.07, 6.45) is 2.92. The molecule has 0 radical (unpaired) electrons. The monoisotopic (exact) mass is 291 g/mol. The van der Waals surface area contributed by atoms with Crippen LogP contribution in [-0.2, 0) is 0 Å². The zero-order chi connectivity index (χ0) is 11.8. The zero-order valence-electron chi connectivity index (χ0n) is 9.44. The van der Waals surface area contributed by atoms with Gasteiger partial charge in [0.25, 0.3) is 0 Å². The number of anilines is 1. The summed E-state index contributed by atoms with van der Waals surface area (Å²) in [7, 11) is 0. The summed E-state index contributed by atoms with van der Waals surface area (Å²) in [5.41, 5.74) is 5.96. The molecular formula is C13H14BrN3. The van der Waals surface area contributed by atoms with Crippen LogP contribution in [0, 0.1) is 0 Å². The van der Waals surface area contributed by atoms with Gasteiger partial charge in [-0.1, -0.05) is 28.1 Å². The molecule has 1 aliphatic heterocycles. The first-order valence-corrected chi connectivity index (χ1v) is 6.59. The highest BCUT2D eigenvalue weighted by molar-refractivity contribution is 9.10. The number of nitrogens with zero attached hydrogens (tertiary/aromatic N) is 2. The van der Waals surface area contributed by atoms with Crippen LogP contribution in [0.5, 0.6) is 0 Å². The van der Waals surface area contributed by atoms with E-state index in [4.69, 9.17) is 5.73 Å². The van der Waals surface area contributed by atoms with Crippen LogP contribution in [0.1, 0.15) is 6.42 Å². The highest BCUT2D eigenvalue weighted by Crippen LogP contribution is 2.30. The van der Waals surface area contributed by atoms with Gasteiger partial charge >= 0.3 is 0 Å². The number of rotatable bonds is 1. The lowest BCUT2D eigenvalue weighted by Gasteiger charge is -2.19. The van der Waals surface area contributed by atoms with E-state index in [-0.39, 0.29) is 6.04 Å². The van der Waals surface area contributed by atoms with Crippen molar-refractivity contribution in [2.75, 3.05) is 18.0 Å². The predicted octanol–water partition coefficient (Wildman–Crippen LogP) is 2.53. The summed E-state index contributed by atoms with van der Waals surface area (Å²) < 4.78 is 1.11. The molecule has 2 aromatic rings. The summed E-state index contributed by atoms with van der Waals surface area (Å²) in [5, 5.41) is 2.40. The van der Waals surface area contributed by atoms with E-state index in [9.17, 15) is 0 Å². The van der Waals surface area contributed by atoms with Crippen LogP contribution in [0.4, 0.5) is 5.82 Å². The summed E-state index contributed by atoms with van der Waals surface area (Å²) in [5.74, 6) is 1.05. The van der Waals surface area contributed by atoms with Gasteiger partial charge in [0.05, 0.1) is 0 Å². The third kappa shape index (κ3) is 1.91.